The van der Waals surface area contributed by atoms with Crippen molar-refractivity contribution in [1.82, 2.24) is 9.55 Å². The summed E-state index contributed by atoms with van der Waals surface area (Å²) in [6.07, 6.45) is 1.61. The van der Waals surface area contributed by atoms with Crippen LogP contribution >= 0.6 is 0 Å². The Bertz CT molecular complexity index is 778. The van der Waals surface area contributed by atoms with Crippen LogP contribution < -0.4 is 5.56 Å². The van der Waals surface area contributed by atoms with Crippen LogP contribution in [0.1, 0.15) is 33.9 Å². The second-order valence-corrected chi connectivity index (χ2v) is 5.37. The fourth-order valence-electron chi connectivity index (χ4n) is 2.69. The molecule has 0 aliphatic carbocycles. The topological polar surface area (TPSA) is 72.2 Å². The number of rotatable bonds is 3. The van der Waals surface area contributed by atoms with Gasteiger partial charge in [0, 0.05) is 19.4 Å². The van der Waals surface area contributed by atoms with Gasteiger partial charge in [-0.2, -0.15) is 0 Å². The largest absolute Gasteiger partial charge is 0.501 e. The van der Waals surface area contributed by atoms with E-state index in [1.165, 1.54) is 4.57 Å². The third-order valence-corrected chi connectivity index (χ3v) is 3.72. The minimum absolute atomic E-state index is 0.102. The molecule has 3 rings (SSSR count). The van der Waals surface area contributed by atoms with Crippen LogP contribution in [0.15, 0.2) is 29.1 Å². The maximum atomic E-state index is 12.3. The second kappa shape index (κ2) is 5.16. The third kappa shape index (κ3) is 2.46. The van der Waals surface area contributed by atoms with Crippen molar-refractivity contribution < 1.29 is 9.90 Å². The average Bonchev–Trinajstić information content (AvgIpc) is 2.91. The fraction of sp³-hybridized carbons (Fsp3) is 0.312. The van der Waals surface area contributed by atoms with Gasteiger partial charge in [0.15, 0.2) is 11.5 Å². The maximum absolute atomic E-state index is 12.3. The summed E-state index contributed by atoms with van der Waals surface area (Å²) >= 11 is 0. The van der Waals surface area contributed by atoms with Crippen molar-refractivity contribution in [1.29, 1.82) is 0 Å². The molecule has 1 N–H and O–H groups in total. The summed E-state index contributed by atoms with van der Waals surface area (Å²) in [6, 6.07) is 7.59. The highest BCUT2D eigenvalue weighted by atomic mass is 16.3. The summed E-state index contributed by atoms with van der Waals surface area (Å²) in [5, 5.41) is 9.95. The Balaban J connectivity index is 1.95. The molecule has 1 aliphatic heterocycles. The van der Waals surface area contributed by atoms with Gasteiger partial charge in [-0.1, -0.05) is 29.8 Å². The summed E-state index contributed by atoms with van der Waals surface area (Å²) < 4.78 is 1.44. The molecular weight excluding hydrogens is 268 g/mol. The van der Waals surface area contributed by atoms with Crippen LogP contribution in [0.25, 0.3) is 0 Å². The zero-order valence-electron chi connectivity index (χ0n) is 11.8. The highest BCUT2D eigenvalue weighted by Gasteiger charge is 2.23. The molecule has 21 heavy (non-hydrogen) atoms. The highest BCUT2D eigenvalue weighted by Crippen LogP contribution is 2.18. The molecule has 0 saturated carbocycles. The normalized spacial score (nSPS) is 13.2. The molecule has 1 aromatic carbocycles. The second-order valence-electron chi connectivity index (χ2n) is 5.37. The number of carbonyl (C=O) groups is 1. The summed E-state index contributed by atoms with van der Waals surface area (Å²) in [6.45, 7) is 2.51. The van der Waals surface area contributed by atoms with E-state index < -0.39 is 11.3 Å². The molecule has 1 aliphatic rings. The summed E-state index contributed by atoms with van der Waals surface area (Å²) in [7, 11) is 0. The fourth-order valence-corrected chi connectivity index (χ4v) is 2.69. The van der Waals surface area contributed by atoms with Gasteiger partial charge in [-0.05, 0) is 18.9 Å². The molecule has 0 bridgehead atoms. The lowest BCUT2D eigenvalue weighted by Gasteiger charge is -2.08. The van der Waals surface area contributed by atoms with E-state index >= 15 is 0 Å². The molecule has 0 fully saturated rings. The van der Waals surface area contributed by atoms with E-state index in [0.717, 1.165) is 17.5 Å². The quantitative estimate of drug-likeness (QED) is 0.869. The number of fused-ring (bicyclic) bond motifs is 1. The number of Topliss-reactive ketones (excluding diaryl/α,β-unsaturated/α-hetero) is 1. The van der Waals surface area contributed by atoms with Crippen LogP contribution in [-0.4, -0.2) is 20.4 Å². The number of hydrogen-bond acceptors (Lipinski definition) is 4. The van der Waals surface area contributed by atoms with E-state index in [1.807, 2.05) is 31.2 Å². The predicted molar refractivity (Wildman–Crippen MR) is 77.7 cm³/mol. The number of carbonyl (C=O) groups excluding carboxylic acids is 1. The summed E-state index contributed by atoms with van der Waals surface area (Å²) in [5.74, 6) is -0.269. The zero-order chi connectivity index (χ0) is 15.0. The molecule has 0 amide bonds. The van der Waals surface area contributed by atoms with Gasteiger partial charge in [-0.3, -0.25) is 14.2 Å². The molecule has 0 radical (unpaired) electrons. The molecule has 0 saturated heterocycles. The Morgan fingerprint density at radius 1 is 1.43 bits per heavy atom. The van der Waals surface area contributed by atoms with Gasteiger partial charge >= 0.3 is 0 Å². The van der Waals surface area contributed by atoms with Crippen LogP contribution in [0, 0.1) is 6.92 Å². The lowest BCUT2D eigenvalue weighted by Crippen LogP contribution is -2.24. The Morgan fingerprint density at radius 2 is 2.24 bits per heavy atom. The van der Waals surface area contributed by atoms with E-state index in [2.05, 4.69) is 4.98 Å². The average molecular weight is 284 g/mol. The van der Waals surface area contributed by atoms with E-state index in [9.17, 15) is 14.7 Å². The minimum Gasteiger partial charge on any atom is -0.501 e. The van der Waals surface area contributed by atoms with Gasteiger partial charge in [-0.25, -0.2) is 4.98 Å². The Labute approximate surface area is 121 Å². The monoisotopic (exact) mass is 284 g/mol. The van der Waals surface area contributed by atoms with Gasteiger partial charge in [-0.15, -0.1) is 0 Å². The number of hydrogen-bond donors (Lipinski definition) is 1. The molecule has 5 heteroatoms. The van der Waals surface area contributed by atoms with Gasteiger partial charge in [0.1, 0.15) is 5.82 Å². The van der Waals surface area contributed by atoms with E-state index in [-0.39, 0.29) is 17.9 Å². The minimum atomic E-state index is -0.529. The van der Waals surface area contributed by atoms with Gasteiger partial charge in [0.25, 0.3) is 5.56 Å². The van der Waals surface area contributed by atoms with Crippen molar-refractivity contribution in [2.75, 3.05) is 0 Å². The Morgan fingerprint density at radius 3 is 3.00 bits per heavy atom. The highest BCUT2D eigenvalue weighted by molar-refractivity contribution is 5.97. The first kappa shape index (κ1) is 13.5. The van der Waals surface area contributed by atoms with Gasteiger partial charge in [0.2, 0.25) is 5.75 Å². The van der Waals surface area contributed by atoms with Crippen molar-refractivity contribution in [2.45, 2.75) is 32.7 Å². The first-order valence-electron chi connectivity index (χ1n) is 6.97. The van der Waals surface area contributed by atoms with Crippen LogP contribution in [0.2, 0.25) is 0 Å². The van der Waals surface area contributed by atoms with E-state index in [0.29, 0.717) is 18.8 Å². The number of ketones is 1. The lowest BCUT2D eigenvalue weighted by atomic mass is 10.0. The molecule has 0 unspecified atom stereocenters. The van der Waals surface area contributed by atoms with Crippen molar-refractivity contribution in [3.63, 3.8) is 0 Å². The number of nitrogens with zero attached hydrogens (tertiary/aromatic N) is 2. The van der Waals surface area contributed by atoms with E-state index in [4.69, 9.17) is 0 Å². The molecule has 2 heterocycles. The maximum Gasteiger partial charge on any atom is 0.296 e. The number of aromatic hydroxyl groups is 1. The Hall–Kier alpha value is -2.43. The van der Waals surface area contributed by atoms with Crippen LogP contribution in [0.4, 0.5) is 0 Å². The zero-order valence-corrected chi connectivity index (χ0v) is 11.8. The van der Waals surface area contributed by atoms with Crippen molar-refractivity contribution >= 4 is 5.78 Å². The lowest BCUT2D eigenvalue weighted by molar-refractivity contribution is 0.0984. The Kier molecular flexibility index (Phi) is 3.33. The molecule has 108 valence electrons. The molecular formula is C16H16N2O3. The smallest absolute Gasteiger partial charge is 0.296 e. The molecule has 5 nitrogen and oxygen atoms in total. The first-order chi connectivity index (χ1) is 10.1. The van der Waals surface area contributed by atoms with E-state index in [1.54, 1.807) is 0 Å². The van der Waals surface area contributed by atoms with Crippen molar-refractivity contribution in [3.8, 4) is 5.75 Å². The van der Waals surface area contributed by atoms with Crippen molar-refractivity contribution in [2.24, 2.45) is 0 Å². The number of aromatic nitrogens is 2. The van der Waals surface area contributed by atoms with Gasteiger partial charge < -0.3 is 5.11 Å². The molecule has 2 aromatic rings. The summed E-state index contributed by atoms with van der Waals surface area (Å²) in [5.41, 5.74) is 1.30. The SMILES string of the molecule is Cc1cccc(CC(=O)c2nc3n(c(=O)c2O)CCC3)c1. The molecule has 0 spiro atoms. The molecule has 0 atom stereocenters. The van der Waals surface area contributed by atoms with Gasteiger partial charge in [0.05, 0.1) is 0 Å². The standard InChI is InChI=1S/C16H16N2O3/c1-10-4-2-5-11(8-10)9-12(19)14-15(20)16(21)18-7-3-6-13(18)17-14/h2,4-5,8,20H,3,6-7,9H2,1H3. The summed E-state index contributed by atoms with van der Waals surface area (Å²) in [4.78, 5) is 28.5. The van der Waals surface area contributed by atoms with Crippen LogP contribution in [0.3, 0.4) is 0 Å². The van der Waals surface area contributed by atoms with Crippen molar-refractivity contribution in [3.05, 3.63) is 57.3 Å². The third-order valence-electron chi connectivity index (χ3n) is 3.72. The molecule has 1 aromatic heterocycles. The number of aryl methyl sites for hydroxylation is 2. The predicted octanol–water partition coefficient (Wildman–Crippen LogP) is 1.63. The van der Waals surface area contributed by atoms with Crippen LogP contribution in [-0.2, 0) is 19.4 Å². The number of benzene rings is 1. The first-order valence-corrected chi connectivity index (χ1v) is 6.97. The van der Waals surface area contributed by atoms with Crippen LogP contribution in [0.5, 0.6) is 5.75 Å².